The molecular formula is C6H10O6. The van der Waals surface area contributed by atoms with Crippen LogP contribution in [0.4, 0.5) is 0 Å². The number of cyclic esters (lactones) is 1. The standard InChI is InChI=1S/C6H10O6/c7-1-2-3(8)4(9)5(10)6(11)12-2/h2-5,7-10H,1H2/t2-,3?,4?,5?/m1/s1. The average molecular weight is 178 g/mol. The van der Waals surface area contributed by atoms with Crippen LogP contribution in [0.3, 0.4) is 0 Å². The van der Waals surface area contributed by atoms with Gasteiger partial charge in [0.1, 0.15) is 12.2 Å². The minimum atomic E-state index is -1.73. The molecule has 1 fully saturated rings. The van der Waals surface area contributed by atoms with E-state index in [4.69, 9.17) is 20.4 Å². The van der Waals surface area contributed by atoms with Crippen molar-refractivity contribution in [2.45, 2.75) is 24.4 Å². The predicted octanol–water partition coefficient (Wildman–Crippen LogP) is -3.01. The van der Waals surface area contributed by atoms with E-state index in [0.717, 1.165) is 0 Å². The third kappa shape index (κ3) is 1.42. The first-order valence-electron chi connectivity index (χ1n) is 3.43. The van der Waals surface area contributed by atoms with Gasteiger partial charge in [-0.15, -0.1) is 0 Å². The first-order chi connectivity index (χ1) is 5.57. The summed E-state index contributed by atoms with van der Waals surface area (Å²) >= 11 is 0. The number of aliphatic hydroxyl groups excluding tert-OH is 4. The molecule has 6 heteroatoms. The van der Waals surface area contributed by atoms with Crippen LogP contribution in [0.1, 0.15) is 0 Å². The maximum absolute atomic E-state index is 10.7. The van der Waals surface area contributed by atoms with E-state index in [9.17, 15) is 4.79 Å². The van der Waals surface area contributed by atoms with Gasteiger partial charge in [0.15, 0.2) is 12.2 Å². The van der Waals surface area contributed by atoms with Crippen LogP contribution >= 0.6 is 0 Å². The predicted molar refractivity (Wildman–Crippen MR) is 35.0 cm³/mol. The van der Waals surface area contributed by atoms with E-state index in [1.54, 1.807) is 0 Å². The van der Waals surface area contributed by atoms with Gasteiger partial charge in [0.05, 0.1) is 6.61 Å². The van der Waals surface area contributed by atoms with Crippen LogP contribution in [0, 0.1) is 0 Å². The summed E-state index contributed by atoms with van der Waals surface area (Å²) < 4.78 is 4.38. The van der Waals surface area contributed by atoms with Crippen LogP contribution in [0.5, 0.6) is 0 Å². The Morgan fingerprint density at radius 2 is 1.83 bits per heavy atom. The monoisotopic (exact) mass is 178 g/mol. The maximum atomic E-state index is 10.7. The molecule has 0 aliphatic carbocycles. The Bertz CT molecular complexity index is 179. The van der Waals surface area contributed by atoms with E-state index < -0.39 is 37.0 Å². The van der Waals surface area contributed by atoms with Gasteiger partial charge < -0.3 is 25.2 Å². The van der Waals surface area contributed by atoms with Crippen molar-refractivity contribution in [3.63, 3.8) is 0 Å². The third-order valence-electron chi connectivity index (χ3n) is 1.74. The Balaban J connectivity index is 2.70. The van der Waals surface area contributed by atoms with E-state index in [2.05, 4.69) is 4.74 Å². The molecule has 6 nitrogen and oxygen atoms in total. The fourth-order valence-corrected chi connectivity index (χ4v) is 0.980. The fraction of sp³-hybridized carbons (Fsp3) is 0.833. The highest BCUT2D eigenvalue weighted by Crippen LogP contribution is 2.15. The minimum Gasteiger partial charge on any atom is -0.455 e. The molecule has 1 rings (SSSR count). The third-order valence-corrected chi connectivity index (χ3v) is 1.74. The zero-order valence-electron chi connectivity index (χ0n) is 6.12. The second-order valence-corrected chi connectivity index (χ2v) is 2.58. The summed E-state index contributed by atoms with van der Waals surface area (Å²) in [6.45, 7) is -0.587. The molecule has 0 spiro atoms. The minimum absolute atomic E-state index is 0.587. The van der Waals surface area contributed by atoms with Gasteiger partial charge in [0.2, 0.25) is 0 Å². The Morgan fingerprint density at radius 3 is 2.33 bits per heavy atom. The zero-order chi connectivity index (χ0) is 9.30. The van der Waals surface area contributed by atoms with Crippen LogP contribution in [0.2, 0.25) is 0 Å². The molecular weight excluding hydrogens is 168 g/mol. The number of hydrogen-bond donors (Lipinski definition) is 4. The number of carbonyl (C=O) groups is 1. The molecule has 0 bridgehead atoms. The fourth-order valence-electron chi connectivity index (χ4n) is 0.980. The highest BCUT2D eigenvalue weighted by Gasteiger charge is 2.43. The molecule has 4 atom stereocenters. The van der Waals surface area contributed by atoms with Gasteiger partial charge in [-0.2, -0.15) is 0 Å². The number of rotatable bonds is 1. The smallest absolute Gasteiger partial charge is 0.338 e. The van der Waals surface area contributed by atoms with Gasteiger partial charge in [-0.05, 0) is 0 Å². The number of ether oxygens (including phenoxy) is 1. The Morgan fingerprint density at radius 1 is 1.25 bits per heavy atom. The largest absolute Gasteiger partial charge is 0.455 e. The van der Waals surface area contributed by atoms with Crippen molar-refractivity contribution in [1.82, 2.24) is 0 Å². The van der Waals surface area contributed by atoms with E-state index in [-0.39, 0.29) is 0 Å². The van der Waals surface area contributed by atoms with E-state index in [1.807, 2.05) is 0 Å². The SMILES string of the molecule is O=C1O[C@H](CO)C(O)C(O)C1O. The van der Waals surface area contributed by atoms with Crippen LogP contribution in [0.15, 0.2) is 0 Å². The summed E-state index contributed by atoms with van der Waals surface area (Å²) in [4.78, 5) is 10.7. The highest BCUT2D eigenvalue weighted by atomic mass is 16.6. The van der Waals surface area contributed by atoms with Crippen LogP contribution in [0.25, 0.3) is 0 Å². The molecule has 4 N–H and O–H groups in total. The number of aliphatic hydroxyl groups is 4. The van der Waals surface area contributed by atoms with Gasteiger partial charge >= 0.3 is 5.97 Å². The first-order valence-corrected chi connectivity index (χ1v) is 3.43. The molecule has 0 radical (unpaired) electrons. The van der Waals surface area contributed by atoms with Gasteiger partial charge in [-0.3, -0.25) is 0 Å². The van der Waals surface area contributed by atoms with Crippen LogP contribution in [-0.4, -0.2) is 57.4 Å². The number of hydrogen-bond acceptors (Lipinski definition) is 6. The Labute approximate surface area is 68.0 Å². The normalized spacial score (nSPS) is 42.5. The van der Waals surface area contributed by atoms with Crippen molar-refractivity contribution in [1.29, 1.82) is 0 Å². The van der Waals surface area contributed by atoms with E-state index >= 15 is 0 Å². The maximum Gasteiger partial charge on any atom is 0.338 e. The molecule has 0 aromatic heterocycles. The lowest BCUT2D eigenvalue weighted by atomic mass is 10.0. The van der Waals surface area contributed by atoms with Crippen molar-refractivity contribution in [3.05, 3.63) is 0 Å². The van der Waals surface area contributed by atoms with Crippen LogP contribution in [-0.2, 0) is 9.53 Å². The zero-order valence-corrected chi connectivity index (χ0v) is 6.12. The molecule has 3 unspecified atom stereocenters. The molecule has 12 heavy (non-hydrogen) atoms. The lowest BCUT2D eigenvalue weighted by molar-refractivity contribution is -0.206. The highest BCUT2D eigenvalue weighted by molar-refractivity contribution is 5.76. The van der Waals surface area contributed by atoms with Gasteiger partial charge in [0.25, 0.3) is 0 Å². The topological polar surface area (TPSA) is 107 Å². The molecule has 1 heterocycles. The summed E-state index contributed by atoms with van der Waals surface area (Å²) in [5.41, 5.74) is 0. The number of esters is 1. The van der Waals surface area contributed by atoms with Crippen molar-refractivity contribution in [2.75, 3.05) is 6.61 Å². The molecule has 0 saturated carbocycles. The molecule has 0 aromatic rings. The van der Waals surface area contributed by atoms with Crippen molar-refractivity contribution >= 4 is 5.97 Å². The second-order valence-electron chi connectivity index (χ2n) is 2.58. The molecule has 1 aliphatic rings. The van der Waals surface area contributed by atoms with Crippen molar-refractivity contribution < 1.29 is 30.0 Å². The van der Waals surface area contributed by atoms with Gasteiger partial charge in [-0.25, -0.2) is 4.79 Å². The van der Waals surface area contributed by atoms with E-state index in [1.165, 1.54) is 0 Å². The summed E-state index contributed by atoms with van der Waals surface area (Å²) in [5.74, 6) is -1.04. The average Bonchev–Trinajstić information content (AvgIpc) is 2.08. The summed E-state index contributed by atoms with van der Waals surface area (Å²) in [6.07, 6.45) is -5.93. The Hall–Kier alpha value is -0.690. The molecule has 1 aliphatic heterocycles. The molecule has 0 aromatic carbocycles. The summed E-state index contributed by atoms with van der Waals surface area (Å²) in [7, 11) is 0. The van der Waals surface area contributed by atoms with Crippen LogP contribution < -0.4 is 0 Å². The lowest BCUT2D eigenvalue weighted by Gasteiger charge is -2.32. The quantitative estimate of drug-likeness (QED) is 0.318. The summed E-state index contributed by atoms with van der Waals surface area (Å²) in [5, 5.41) is 35.5. The number of carbonyl (C=O) groups excluding carboxylic acids is 1. The summed E-state index contributed by atoms with van der Waals surface area (Å²) in [6, 6.07) is 0. The van der Waals surface area contributed by atoms with Crippen molar-refractivity contribution in [3.8, 4) is 0 Å². The molecule has 70 valence electrons. The second kappa shape index (κ2) is 3.36. The first kappa shape index (κ1) is 9.40. The Kier molecular flexibility index (Phi) is 2.63. The van der Waals surface area contributed by atoms with Gasteiger partial charge in [0, 0.05) is 0 Å². The molecule has 1 saturated heterocycles. The molecule has 0 amide bonds. The van der Waals surface area contributed by atoms with Gasteiger partial charge in [-0.1, -0.05) is 0 Å². The lowest BCUT2D eigenvalue weighted by Crippen LogP contribution is -2.56. The van der Waals surface area contributed by atoms with Crippen molar-refractivity contribution in [2.24, 2.45) is 0 Å². The van der Waals surface area contributed by atoms with E-state index in [0.29, 0.717) is 0 Å².